The number of morpholine rings is 1. The standard InChI is InChI=1S/C16H23NO2/c1-11(2)8-16(3)10-17-13-9-18-14-7-5-4-6-12(14)15(13)19-16/h4-7,11,13,15,17H,8-10H2,1-3H3. The predicted octanol–water partition coefficient (Wildman–Crippen LogP) is 2.91. The zero-order valence-electron chi connectivity index (χ0n) is 12.0. The molecule has 3 nitrogen and oxygen atoms in total. The van der Waals surface area contributed by atoms with Gasteiger partial charge < -0.3 is 14.8 Å². The van der Waals surface area contributed by atoms with Gasteiger partial charge in [-0.2, -0.15) is 0 Å². The number of fused-ring (bicyclic) bond motifs is 3. The van der Waals surface area contributed by atoms with Gasteiger partial charge in [0, 0.05) is 12.1 Å². The third-order valence-electron chi connectivity index (χ3n) is 4.00. The smallest absolute Gasteiger partial charge is 0.125 e. The minimum Gasteiger partial charge on any atom is -0.491 e. The average molecular weight is 261 g/mol. The molecular weight excluding hydrogens is 238 g/mol. The molecule has 1 fully saturated rings. The summed E-state index contributed by atoms with van der Waals surface area (Å²) in [5, 5.41) is 3.61. The first kappa shape index (κ1) is 12.9. The summed E-state index contributed by atoms with van der Waals surface area (Å²) in [6, 6.07) is 8.50. The molecule has 3 heteroatoms. The first-order chi connectivity index (χ1) is 9.07. The molecule has 19 heavy (non-hydrogen) atoms. The van der Waals surface area contributed by atoms with Crippen molar-refractivity contribution in [1.82, 2.24) is 5.32 Å². The zero-order valence-corrected chi connectivity index (χ0v) is 12.0. The van der Waals surface area contributed by atoms with Gasteiger partial charge in [0.05, 0.1) is 11.6 Å². The Morgan fingerprint density at radius 1 is 1.37 bits per heavy atom. The Kier molecular flexibility index (Phi) is 3.27. The van der Waals surface area contributed by atoms with Crippen molar-refractivity contribution in [2.24, 2.45) is 5.92 Å². The maximum Gasteiger partial charge on any atom is 0.125 e. The summed E-state index contributed by atoms with van der Waals surface area (Å²) >= 11 is 0. The second-order valence-corrected chi connectivity index (χ2v) is 6.42. The Bertz CT molecular complexity index is 460. The van der Waals surface area contributed by atoms with E-state index in [1.807, 2.05) is 12.1 Å². The molecule has 1 aromatic rings. The highest BCUT2D eigenvalue weighted by molar-refractivity contribution is 5.38. The molecule has 104 valence electrons. The predicted molar refractivity (Wildman–Crippen MR) is 75.4 cm³/mol. The Morgan fingerprint density at radius 2 is 2.16 bits per heavy atom. The van der Waals surface area contributed by atoms with E-state index < -0.39 is 0 Å². The molecule has 0 amide bonds. The quantitative estimate of drug-likeness (QED) is 0.888. The van der Waals surface area contributed by atoms with E-state index in [-0.39, 0.29) is 17.7 Å². The van der Waals surface area contributed by atoms with Crippen LogP contribution in [0.15, 0.2) is 24.3 Å². The molecule has 1 aromatic carbocycles. The number of nitrogens with one attached hydrogen (secondary N) is 1. The highest BCUT2D eigenvalue weighted by atomic mass is 16.5. The number of benzene rings is 1. The van der Waals surface area contributed by atoms with Crippen LogP contribution in [0.5, 0.6) is 5.75 Å². The van der Waals surface area contributed by atoms with Gasteiger partial charge in [0.15, 0.2) is 0 Å². The van der Waals surface area contributed by atoms with Gasteiger partial charge in [0.2, 0.25) is 0 Å². The second kappa shape index (κ2) is 4.80. The maximum atomic E-state index is 6.47. The molecule has 0 aliphatic carbocycles. The Balaban J connectivity index is 1.86. The molecule has 2 aliphatic rings. The van der Waals surface area contributed by atoms with Crippen molar-refractivity contribution in [2.75, 3.05) is 13.2 Å². The van der Waals surface area contributed by atoms with Gasteiger partial charge in [-0.05, 0) is 25.3 Å². The lowest BCUT2D eigenvalue weighted by Crippen LogP contribution is -2.57. The Morgan fingerprint density at radius 3 is 2.95 bits per heavy atom. The van der Waals surface area contributed by atoms with Gasteiger partial charge >= 0.3 is 0 Å². The molecule has 1 N–H and O–H groups in total. The van der Waals surface area contributed by atoms with E-state index in [2.05, 4.69) is 38.2 Å². The van der Waals surface area contributed by atoms with Crippen LogP contribution in [0.4, 0.5) is 0 Å². The van der Waals surface area contributed by atoms with Gasteiger partial charge in [-0.3, -0.25) is 0 Å². The Labute approximate surface area is 115 Å². The van der Waals surface area contributed by atoms with E-state index >= 15 is 0 Å². The number of hydrogen-bond donors (Lipinski definition) is 1. The van der Waals surface area contributed by atoms with Crippen molar-refractivity contribution >= 4 is 0 Å². The van der Waals surface area contributed by atoms with Crippen molar-refractivity contribution in [3.05, 3.63) is 29.8 Å². The number of hydrogen-bond acceptors (Lipinski definition) is 3. The molecule has 0 radical (unpaired) electrons. The van der Waals surface area contributed by atoms with Gasteiger partial charge in [-0.25, -0.2) is 0 Å². The molecule has 0 aromatic heterocycles. The van der Waals surface area contributed by atoms with E-state index in [1.165, 1.54) is 5.56 Å². The van der Waals surface area contributed by atoms with Gasteiger partial charge in [-0.15, -0.1) is 0 Å². The van der Waals surface area contributed by atoms with E-state index in [1.54, 1.807) is 0 Å². The molecule has 0 saturated carbocycles. The van der Waals surface area contributed by atoms with Crippen LogP contribution in [0.25, 0.3) is 0 Å². The third kappa shape index (κ3) is 2.49. The SMILES string of the molecule is CC(C)CC1(C)CNC2COc3ccccc3C2O1. The normalized spacial score (nSPS) is 33.5. The van der Waals surface area contributed by atoms with Gasteiger partial charge in [0.1, 0.15) is 18.5 Å². The first-order valence-corrected chi connectivity index (χ1v) is 7.20. The molecule has 0 bridgehead atoms. The summed E-state index contributed by atoms with van der Waals surface area (Å²) in [7, 11) is 0. The highest BCUT2D eigenvalue weighted by Crippen LogP contribution is 2.40. The molecule has 2 aliphatic heterocycles. The third-order valence-corrected chi connectivity index (χ3v) is 4.00. The summed E-state index contributed by atoms with van der Waals surface area (Å²) in [6.07, 6.45) is 1.19. The van der Waals surface area contributed by atoms with Crippen LogP contribution in [-0.4, -0.2) is 24.8 Å². The van der Waals surface area contributed by atoms with Crippen LogP contribution in [0.1, 0.15) is 38.9 Å². The summed E-state index contributed by atoms with van der Waals surface area (Å²) in [4.78, 5) is 0. The molecular formula is C16H23NO2. The summed E-state index contributed by atoms with van der Waals surface area (Å²) in [6.45, 7) is 8.31. The lowest BCUT2D eigenvalue weighted by Gasteiger charge is -2.46. The fourth-order valence-corrected chi connectivity index (χ4v) is 3.32. The summed E-state index contributed by atoms with van der Waals surface area (Å²) in [5.74, 6) is 1.61. The minimum atomic E-state index is -0.0835. The first-order valence-electron chi connectivity index (χ1n) is 7.20. The molecule has 3 atom stereocenters. The van der Waals surface area contributed by atoms with Crippen molar-refractivity contribution in [1.29, 1.82) is 0 Å². The zero-order chi connectivity index (χ0) is 13.5. The van der Waals surface area contributed by atoms with Crippen LogP contribution >= 0.6 is 0 Å². The summed E-state index contributed by atoms with van der Waals surface area (Å²) < 4.78 is 12.3. The number of ether oxygens (including phenoxy) is 2. The van der Waals surface area contributed by atoms with Crippen molar-refractivity contribution in [3.8, 4) is 5.75 Å². The van der Waals surface area contributed by atoms with Crippen molar-refractivity contribution in [3.63, 3.8) is 0 Å². The number of para-hydroxylation sites is 1. The fraction of sp³-hybridized carbons (Fsp3) is 0.625. The van der Waals surface area contributed by atoms with E-state index in [0.29, 0.717) is 12.5 Å². The van der Waals surface area contributed by atoms with E-state index in [4.69, 9.17) is 9.47 Å². The molecule has 2 heterocycles. The lowest BCUT2D eigenvalue weighted by molar-refractivity contribution is -0.147. The minimum absolute atomic E-state index is 0.0835. The van der Waals surface area contributed by atoms with Gasteiger partial charge in [-0.1, -0.05) is 32.0 Å². The molecule has 0 spiro atoms. The topological polar surface area (TPSA) is 30.5 Å². The largest absolute Gasteiger partial charge is 0.491 e. The van der Waals surface area contributed by atoms with Crippen molar-refractivity contribution in [2.45, 2.75) is 44.9 Å². The average Bonchev–Trinajstić information content (AvgIpc) is 2.37. The molecule has 3 rings (SSSR count). The maximum absolute atomic E-state index is 6.47. The van der Waals surface area contributed by atoms with Crippen LogP contribution in [0.3, 0.4) is 0 Å². The van der Waals surface area contributed by atoms with Crippen LogP contribution in [-0.2, 0) is 4.74 Å². The fourth-order valence-electron chi connectivity index (χ4n) is 3.32. The second-order valence-electron chi connectivity index (χ2n) is 6.42. The Hall–Kier alpha value is -1.06. The molecule has 3 unspecified atom stereocenters. The number of rotatable bonds is 2. The highest BCUT2D eigenvalue weighted by Gasteiger charge is 2.42. The van der Waals surface area contributed by atoms with Crippen LogP contribution < -0.4 is 10.1 Å². The summed E-state index contributed by atoms with van der Waals surface area (Å²) in [5.41, 5.74) is 1.10. The van der Waals surface area contributed by atoms with Crippen LogP contribution in [0, 0.1) is 5.92 Å². The van der Waals surface area contributed by atoms with E-state index in [0.717, 1.165) is 18.7 Å². The van der Waals surface area contributed by atoms with Gasteiger partial charge in [0.25, 0.3) is 0 Å². The lowest BCUT2D eigenvalue weighted by atomic mass is 9.88. The monoisotopic (exact) mass is 261 g/mol. The van der Waals surface area contributed by atoms with Crippen molar-refractivity contribution < 1.29 is 9.47 Å². The van der Waals surface area contributed by atoms with Crippen LogP contribution in [0.2, 0.25) is 0 Å². The molecule has 1 saturated heterocycles. The van der Waals surface area contributed by atoms with E-state index in [9.17, 15) is 0 Å².